The lowest BCUT2D eigenvalue weighted by atomic mass is 10.1. The molecule has 0 unspecified atom stereocenters. The first-order chi connectivity index (χ1) is 9.78. The van der Waals surface area contributed by atoms with Gasteiger partial charge in [0.25, 0.3) is 0 Å². The SMILES string of the molecule is Cc1ccc(C#N)c(-n2nnc(-c3ccccn3)n2)c1. The summed E-state index contributed by atoms with van der Waals surface area (Å²) >= 11 is 0. The van der Waals surface area contributed by atoms with Crippen LogP contribution in [0.25, 0.3) is 17.2 Å². The van der Waals surface area contributed by atoms with Crippen LogP contribution in [-0.2, 0) is 0 Å². The van der Waals surface area contributed by atoms with Crippen molar-refractivity contribution in [3.8, 4) is 23.3 Å². The second-order valence-electron chi connectivity index (χ2n) is 4.25. The van der Waals surface area contributed by atoms with Crippen LogP contribution < -0.4 is 0 Å². The summed E-state index contributed by atoms with van der Waals surface area (Å²) in [6, 6.07) is 13.1. The lowest BCUT2D eigenvalue weighted by molar-refractivity contribution is 0.718. The molecule has 6 nitrogen and oxygen atoms in total. The average Bonchev–Trinajstić information content (AvgIpc) is 2.98. The lowest BCUT2D eigenvalue weighted by Gasteiger charge is -2.02. The highest BCUT2D eigenvalue weighted by Crippen LogP contribution is 2.16. The van der Waals surface area contributed by atoms with Gasteiger partial charge in [0.2, 0.25) is 5.82 Å². The number of hydrogen-bond donors (Lipinski definition) is 0. The second kappa shape index (κ2) is 4.90. The molecule has 0 aliphatic heterocycles. The Morgan fingerprint density at radius 2 is 2.10 bits per heavy atom. The van der Waals surface area contributed by atoms with Gasteiger partial charge in [0, 0.05) is 6.20 Å². The summed E-state index contributed by atoms with van der Waals surface area (Å²) in [5.74, 6) is 0.427. The third kappa shape index (κ3) is 2.12. The highest BCUT2D eigenvalue weighted by molar-refractivity contribution is 5.51. The van der Waals surface area contributed by atoms with Crippen molar-refractivity contribution in [1.29, 1.82) is 5.26 Å². The van der Waals surface area contributed by atoms with Crippen molar-refractivity contribution < 1.29 is 0 Å². The van der Waals surface area contributed by atoms with E-state index in [4.69, 9.17) is 5.26 Å². The topological polar surface area (TPSA) is 80.3 Å². The number of benzene rings is 1. The van der Waals surface area contributed by atoms with E-state index in [9.17, 15) is 0 Å². The van der Waals surface area contributed by atoms with E-state index in [0.717, 1.165) is 5.56 Å². The normalized spacial score (nSPS) is 10.2. The molecule has 0 spiro atoms. The van der Waals surface area contributed by atoms with E-state index in [-0.39, 0.29) is 0 Å². The maximum absolute atomic E-state index is 9.14. The molecule has 3 rings (SSSR count). The van der Waals surface area contributed by atoms with Crippen LogP contribution in [0.4, 0.5) is 0 Å². The predicted molar refractivity (Wildman–Crippen MR) is 71.8 cm³/mol. The molecule has 0 saturated carbocycles. The van der Waals surface area contributed by atoms with Gasteiger partial charge < -0.3 is 0 Å². The summed E-state index contributed by atoms with van der Waals surface area (Å²) in [5, 5.41) is 21.4. The number of pyridine rings is 1. The Bertz CT molecular complexity index is 785. The van der Waals surface area contributed by atoms with Gasteiger partial charge in [0.15, 0.2) is 0 Å². The summed E-state index contributed by atoms with van der Waals surface area (Å²) in [6.07, 6.45) is 1.67. The Hall–Kier alpha value is -3.07. The molecule has 96 valence electrons. The maximum atomic E-state index is 9.14. The fourth-order valence-electron chi connectivity index (χ4n) is 1.82. The highest BCUT2D eigenvalue weighted by Gasteiger charge is 2.11. The van der Waals surface area contributed by atoms with Gasteiger partial charge in [0.1, 0.15) is 17.5 Å². The molecule has 0 radical (unpaired) electrons. The molecular weight excluding hydrogens is 252 g/mol. The van der Waals surface area contributed by atoms with Gasteiger partial charge in [0.05, 0.1) is 5.56 Å². The average molecular weight is 262 g/mol. The number of hydrogen-bond acceptors (Lipinski definition) is 5. The zero-order valence-electron chi connectivity index (χ0n) is 10.7. The third-order valence-corrected chi connectivity index (χ3v) is 2.80. The number of aryl methyl sites for hydroxylation is 1. The van der Waals surface area contributed by atoms with E-state index in [2.05, 4.69) is 26.5 Å². The van der Waals surface area contributed by atoms with Crippen molar-refractivity contribution in [1.82, 2.24) is 25.2 Å². The number of aromatic nitrogens is 5. The zero-order chi connectivity index (χ0) is 13.9. The first kappa shape index (κ1) is 12.0. The van der Waals surface area contributed by atoms with Crippen LogP contribution in [-0.4, -0.2) is 25.2 Å². The first-order valence-corrected chi connectivity index (χ1v) is 6.00. The summed E-state index contributed by atoms with van der Waals surface area (Å²) in [4.78, 5) is 5.53. The molecule has 0 amide bonds. The molecule has 0 aliphatic carbocycles. The Morgan fingerprint density at radius 3 is 2.85 bits per heavy atom. The molecule has 0 saturated heterocycles. The monoisotopic (exact) mass is 262 g/mol. The number of nitrogens with zero attached hydrogens (tertiary/aromatic N) is 6. The lowest BCUT2D eigenvalue weighted by Crippen LogP contribution is -2.02. The predicted octanol–water partition coefficient (Wildman–Crippen LogP) is 1.90. The summed E-state index contributed by atoms with van der Waals surface area (Å²) in [6.45, 7) is 1.95. The Morgan fingerprint density at radius 1 is 1.20 bits per heavy atom. The van der Waals surface area contributed by atoms with E-state index in [1.165, 1.54) is 4.80 Å². The molecule has 1 aromatic carbocycles. The highest BCUT2D eigenvalue weighted by atomic mass is 15.6. The molecule has 0 aliphatic rings. The third-order valence-electron chi connectivity index (χ3n) is 2.80. The summed E-state index contributed by atoms with van der Waals surface area (Å²) in [5.41, 5.74) is 2.78. The molecule has 6 heteroatoms. The van der Waals surface area contributed by atoms with E-state index < -0.39 is 0 Å². The number of tetrazole rings is 1. The molecule has 2 aromatic heterocycles. The van der Waals surface area contributed by atoms with Crippen LogP contribution >= 0.6 is 0 Å². The molecule has 3 aromatic rings. The minimum absolute atomic E-state index is 0.427. The van der Waals surface area contributed by atoms with Gasteiger partial charge in [-0.1, -0.05) is 12.1 Å². The van der Waals surface area contributed by atoms with Crippen LogP contribution in [0.15, 0.2) is 42.6 Å². The summed E-state index contributed by atoms with van der Waals surface area (Å²) < 4.78 is 0. The van der Waals surface area contributed by atoms with Crippen LogP contribution in [0.5, 0.6) is 0 Å². The number of rotatable bonds is 2. The molecule has 2 heterocycles. The molecule has 20 heavy (non-hydrogen) atoms. The largest absolute Gasteiger partial charge is 0.253 e. The van der Waals surface area contributed by atoms with Gasteiger partial charge in [-0.25, -0.2) is 0 Å². The maximum Gasteiger partial charge on any atom is 0.223 e. The van der Waals surface area contributed by atoms with Gasteiger partial charge in [-0.05, 0) is 42.0 Å². The van der Waals surface area contributed by atoms with Gasteiger partial charge in [-0.3, -0.25) is 4.98 Å². The second-order valence-corrected chi connectivity index (χ2v) is 4.25. The van der Waals surface area contributed by atoms with Crippen molar-refractivity contribution in [2.24, 2.45) is 0 Å². The minimum Gasteiger partial charge on any atom is -0.253 e. The molecule has 0 N–H and O–H groups in total. The zero-order valence-corrected chi connectivity index (χ0v) is 10.7. The van der Waals surface area contributed by atoms with E-state index in [1.807, 2.05) is 37.3 Å². The van der Waals surface area contributed by atoms with Crippen molar-refractivity contribution in [3.05, 3.63) is 53.7 Å². The van der Waals surface area contributed by atoms with E-state index in [0.29, 0.717) is 22.8 Å². The Labute approximate surface area is 115 Å². The van der Waals surface area contributed by atoms with Crippen molar-refractivity contribution in [2.45, 2.75) is 6.92 Å². The quantitative estimate of drug-likeness (QED) is 0.704. The fraction of sp³-hybridized carbons (Fsp3) is 0.0714. The molecule has 0 bridgehead atoms. The van der Waals surface area contributed by atoms with Gasteiger partial charge >= 0.3 is 0 Å². The minimum atomic E-state index is 0.427. The standard InChI is InChI=1S/C14H10N6/c1-10-5-6-11(9-15)13(8-10)20-18-14(17-19-20)12-4-2-3-7-16-12/h2-8H,1H3. The molecule has 0 fully saturated rings. The first-order valence-electron chi connectivity index (χ1n) is 6.00. The number of nitriles is 1. The van der Waals surface area contributed by atoms with Crippen molar-refractivity contribution >= 4 is 0 Å². The summed E-state index contributed by atoms with van der Waals surface area (Å²) in [7, 11) is 0. The Balaban J connectivity index is 2.07. The molecule has 0 atom stereocenters. The van der Waals surface area contributed by atoms with Crippen molar-refractivity contribution in [3.63, 3.8) is 0 Å². The molecular formula is C14H10N6. The Kier molecular flexibility index (Phi) is 2.94. The fourth-order valence-corrected chi connectivity index (χ4v) is 1.82. The van der Waals surface area contributed by atoms with Crippen LogP contribution in [0.1, 0.15) is 11.1 Å². The van der Waals surface area contributed by atoms with Crippen LogP contribution in [0.2, 0.25) is 0 Å². The van der Waals surface area contributed by atoms with Crippen molar-refractivity contribution in [2.75, 3.05) is 0 Å². The van der Waals surface area contributed by atoms with Crippen LogP contribution in [0, 0.1) is 18.3 Å². The van der Waals surface area contributed by atoms with Gasteiger partial charge in [-0.2, -0.15) is 5.26 Å². The van der Waals surface area contributed by atoms with Gasteiger partial charge in [-0.15, -0.1) is 15.0 Å². The van der Waals surface area contributed by atoms with E-state index in [1.54, 1.807) is 12.3 Å². The smallest absolute Gasteiger partial charge is 0.223 e. The van der Waals surface area contributed by atoms with Crippen LogP contribution in [0.3, 0.4) is 0 Å². The van der Waals surface area contributed by atoms with E-state index >= 15 is 0 Å².